The smallest absolute Gasteiger partial charge is 0.375 e. The maximum Gasteiger partial charge on any atom is 0.435 e. The summed E-state index contributed by atoms with van der Waals surface area (Å²) >= 11 is 0.545. The minimum atomic E-state index is -4.72. The SMILES string of the molecule is Nc1nc(C(F)(F)F)c(C(=O)Nc2ccccc2C2CCCCC2)s1. The van der Waals surface area contributed by atoms with Crippen LogP contribution in [0.4, 0.5) is 24.0 Å². The summed E-state index contributed by atoms with van der Waals surface area (Å²) < 4.78 is 39.1. The quantitative estimate of drug-likeness (QED) is 0.796. The van der Waals surface area contributed by atoms with Gasteiger partial charge < -0.3 is 11.1 Å². The fourth-order valence-electron chi connectivity index (χ4n) is 3.24. The third-order valence-electron chi connectivity index (χ3n) is 4.37. The molecule has 1 aliphatic rings. The van der Waals surface area contributed by atoms with Gasteiger partial charge in [0.05, 0.1) is 0 Å². The van der Waals surface area contributed by atoms with Crippen molar-refractivity contribution in [2.75, 3.05) is 11.1 Å². The molecule has 1 aromatic heterocycles. The molecule has 0 atom stereocenters. The van der Waals surface area contributed by atoms with Crippen molar-refractivity contribution < 1.29 is 18.0 Å². The molecule has 134 valence electrons. The average Bonchev–Trinajstić information content (AvgIpc) is 2.99. The fraction of sp³-hybridized carbons (Fsp3) is 0.412. The molecule has 1 aromatic carbocycles. The number of anilines is 2. The number of benzene rings is 1. The van der Waals surface area contributed by atoms with Crippen molar-refractivity contribution in [1.82, 2.24) is 4.98 Å². The van der Waals surface area contributed by atoms with Crippen molar-refractivity contribution in [2.24, 2.45) is 0 Å². The molecule has 3 rings (SSSR count). The van der Waals surface area contributed by atoms with Gasteiger partial charge in [0.25, 0.3) is 5.91 Å². The lowest BCUT2D eigenvalue weighted by Gasteiger charge is -2.24. The number of nitrogen functional groups attached to an aromatic ring is 1. The second-order valence-corrected chi connectivity index (χ2v) is 7.13. The molecule has 1 heterocycles. The standard InChI is InChI=1S/C17H18F3N3OS/c18-17(19,20)14-13(25-16(21)23-14)15(24)22-12-9-5-4-8-11(12)10-6-2-1-3-7-10/h4-5,8-10H,1-3,6-7H2,(H2,21,23)(H,22,24). The number of hydrogen-bond acceptors (Lipinski definition) is 4. The zero-order valence-corrected chi connectivity index (χ0v) is 14.2. The van der Waals surface area contributed by atoms with E-state index in [0.717, 1.165) is 31.2 Å². The van der Waals surface area contributed by atoms with Crippen molar-refractivity contribution in [3.05, 3.63) is 40.4 Å². The van der Waals surface area contributed by atoms with Crippen LogP contribution in [0.5, 0.6) is 0 Å². The summed E-state index contributed by atoms with van der Waals surface area (Å²) in [5, 5.41) is 2.35. The zero-order chi connectivity index (χ0) is 18.0. The lowest BCUT2D eigenvalue weighted by molar-refractivity contribution is -0.140. The summed E-state index contributed by atoms with van der Waals surface area (Å²) in [7, 11) is 0. The summed E-state index contributed by atoms with van der Waals surface area (Å²) in [6.45, 7) is 0. The largest absolute Gasteiger partial charge is 0.435 e. The molecule has 1 fully saturated rings. The van der Waals surface area contributed by atoms with Crippen LogP contribution in [-0.2, 0) is 6.18 Å². The molecular formula is C17H18F3N3OS. The predicted octanol–water partition coefficient (Wildman–Crippen LogP) is 5.04. The van der Waals surface area contributed by atoms with Gasteiger partial charge in [0, 0.05) is 5.69 Å². The van der Waals surface area contributed by atoms with Crippen molar-refractivity contribution >= 4 is 28.1 Å². The van der Waals surface area contributed by atoms with Crippen LogP contribution < -0.4 is 11.1 Å². The van der Waals surface area contributed by atoms with Crippen LogP contribution in [0.3, 0.4) is 0 Å². The molecule has 1 saturated carbocycles. The van der Waals surface area contributed by atoms with Crippen LogP contribution in [0.2, 0.25) is 0 Å². The van der Waals surface area contributed by atoms with E-state index in [9.17, 15) is 18.0 Å². The highest BCUT2D eigenvalue weighted by molar-refractivity contribution is 7.17. The first-order valence-electron chi connectivity index (χ1n) is 8.10. The fourth-order valence-corrected chi connectivity index (χ4v) is 3.99. The number of alkyl halides is 3. The number of rotatable bonds is 3. The van der Waals surface area contributed by atoms with E-state index in [-0.39, 0.29) is 5.13 Å². The molecule has 1 amide bonds. The second-order valence-electron chi connectivity index (χ2n) is 6.10. The Morgan fingerprint density at radius 3 is 2.56 bits per heavy atom. The van der Waals surface area contributed by atoms with E-state index < -0.39 is 22.7 Å². The molecule has 4 nitrogen and oxygen atoms in total. The van der Waals surface area contributed by atoms with Gasteiger partial charge in [-0.1, -0.05) is 48.8 Å². The number of nitrogens with two attached hydrogens (primary N) is 1. The van der Waals surface area contributed by atoms with Crippen molar-refractivity contribution in [2.45, 2.75) is 44.2 Å². The Kier molecular flexibility index (Phi) is 4.99. The Bertz CT molecular complexity index is 767. The lowest BCUT2D eigenvalue weighted by atomic mass is 9.83. The topological polar surface area (TPSA) is 68.0 Å². The molecule has 0 spiro atoms. The van der Waals surface area contributed by atoms with Crippen molar-refractivity contribution in [1.29, 1.82) is 0 Å². The van der Waals surface area contributed by atoms with Gasteiger partial charge in [0.1, 0.15) is 4.88 Å². The normalized spacial score (nSPS) is 16.0. The van der Waals surface area contributed by atoms with Crippen LogP contribution in [0, 0.1) is 0 Å². The number of aromatic nitrogens is 1. The van der Waals surface area contributed by atoms with Crippen LogP contribution in [0.25, 0.3) is 0 Å². The Hall–Kier alpha value is -2.09. The number of halogens is 3. The number of para-hydroxylation sites is 1. The third kappa shape index (κ3) is 3.95. The molecular weight excluding hydrogens is 351 g/mol. The molecule has 0 aliphatic heterocycles. The molecule has 8 heteroatoms. The first kappa shape index (κ1) is 17.7. The number of carbonyl (C=O) groups excluding carboxylic acids is 1. The van der Waals surface area contributed by atoms with Crippen molar-refractivity contribution in [3.8, 4) is 0 Å². The summed E-state index contributed by atoms with van der Waals surface area (Å²) in [6, 6.07) is 7.29. The van der Waals surface area contributed by atoms with Crippen molar-refractivity contribution in [3.63, 3.8) is 0 Å². The van der Waals surface area contributed by atoms with Gasteiger partial charge in [-0.3, -0.25) is 4.79 Å². The summed E-state index contributed by atoms with van der Waals surface area (Å²) in [6.07, 6.45) is 0.763. The first-order valence-corrected chi connectivity index (χ1v) is 8.91. The number of nitrogens with one attached hydrogen (secondary N) is 1. The zero-order valence-electron chi connectivity index (χ0n) is 13.4. The average molecular weight is 369 g/mol. The highest BCUT2D eigenvalue weighted by atomic mass is 32.1. The van der Waals surface area contributed by atoms with E-state index in [2.05, 4.69) is 10.3 Å². The Balaban J connectivity index is 1.87. The van der Waals surface area contributed by atoms with Crippen LogP contribution in [-0.4, -0.2) is 10.9 Å². The van der Waals surface area contributed by atoms with Gasteiger partial charge in [-0.25, -0.2) is 4.98 Å². The van der Waals surface area contributed by atoms with E-state index in [4.69, 9.17) is 5.73 Å². The van der Waals surface area contributed by atoms with Gasteiger partial charge in [-0.05, 0) is 30.4 Å². The second kappa shape index (κ2) is 7.03. The Morgan fingerprint density at radius 2 is 1.88 bits per heavy atom. The van der Waals surface area contributed by atoms with Crippen LogP contribution in [0.1, 0.15) is 59.0 Å². The van der Waals surface area contributed by atoms with E-state index >= 15 is 0 Å². The summed E-state index contributed by atoms with van der Waals surface area (Å²) in [4.78, 5) is 15.2. The molecule has 0 radical (unpaired) electrons. The number of thiazole rings is 1. The van der Waals surface area contributed by atoms with Crippen LogP contribution >= 0.6 is 11.3 Å². The van der Waals surface area contributed by atoms with Gasteiger partial charge >= 0.3 is 6.18 Å². The van der Waals surface area contributed by atoms with Crippen LogP contribution in [0.15, 0.2) is 24.3 Å². The molecule has 2 aromatic rings. The number of hydrogen-bond donors (Lipinski definition) is 2. The highest BCUT2D eigenvalue weighted by Gasteiger charge is 2.39. The summed E-state index contributed by atoms with van der Waals surface area (Å²) in [5.41, 5.74) is 5.68. The van der Waals surface area contributed by atoms with E-state index in [1.807, 2.05) is 12.1 Å². The first-order chi connectivity index (χ1) is 11.9. The Labute approximate surface area is 147 Å². The number of nitrogens with zero attached hydrogens (tertiary/aromatic N) is 1. The molecule has 25 heavy (non-hydrogen) atoms. The predicted molar refractivity (Wildman–Crippen MR) is 91.7 cm³/mol. The number of amides is 1. The molecule has 0 bridgehead atoms. The van der Waals surface area contributed by atoms with E-state index in [0.29, 0.717) is 22.9 Å². The van der Waals surface area contributed by atoms with Gasteiger partial charge in [0.2, 0.25) is 0 Å². The lowest BCUT2D eigenvalue weighted by Crippen LogP contribution is -2.18. The maximum atomic E-state index is 13.0. The molecule has 3 N–H and O–H groups in total. The Morgan fingerprint density at radius 1 is 1.20 bits per heavy atom. The molecule has 0 saturated heterocycles. The van der Waals surface area contributed by atoms with E-state index in [1.165, 1.54) is 6.42 Å². The monoisotopic (exact) mass is 369 g/mol. The minimum Gasteiger partial charge on any atom is -0.375 e. The molecule has 1 aliphatic carbocycles. The van der Waals surface area contributed by atoms with Gasteiger partial charge in [-0.2, -0.15) is 13.2 Å². The summed E-state index contributed by atoms with van der Waals surface area (Å²) in [5.74, 6) is -0.511. The number of carbonyl (C=O) groups is 1. The van der Waals surface area contributed by atoms with E-state index in [1.54, 1.807) is 12.1 Å². The maximum absolute atomic E-state index is 13.0. The highest BCUT2D eigenvalue weighted by Crippen LogP contribution is 2.38. The van der Waals surface area contributed by atoms with Gasteiger partial charge in [-0.15, -0.1) is 0 Å². The third-order valence-corrected chi connectivity index (χ3v) is 5.26. The minimum absolute atomic E-state index is 0.280. The molecule has 0 unspecified atom stereocenters. The van der Waals surface area contributed by atoms with Gasteiger partial charge in [0.15, 0.2) is 10.8 Å².